The van der Waals surface area contributed by atoms with E-state index in [1.54, 1.807) is 11.3 Å². The van der Waals surface area contributed by atoms with Gasteiger partial charge in [0.25, 0.3) is 0 Å². The number of hydrogen-bond donors (Lipinski definition) is 1. The number of nitrogens with zero attached hydrogens (tertiary/aromatic N) is 1. The van der Waals surface area contributed by atoms with Crippen LogP contribution < -0.4 is 5.73 Å². The lowest BCUT2D eigenvalue weighted by Crippen LogP contribution is -2.39. The van der Waals surface area contributed by atoms with Gasteiger partial charge in [0, 0.05) is 28.4 Å². The molecule has 1 aromatic rings. The van der Waals surface area contributed by atoms with Gasteiger partial charge in [-0.1, -0.05) is 0 Å². The van der Waals surface area contributed by atoms with Crippen LogP contribution in [0.15, 0.2) is 6.07 Å². The summed E-state index contributed by atoms with van der Waals surface area (Å²) in [6.07, 6.45) is 0.720. The molecule has 0 bridgehead atoms. The first-order valence-corrected chi connectivity index (χ1v) is 9.17. The van der Waals surface area contributed by atoms with Crippen LogP contribution in [0.2, 0.25) is 0 Å². The predicted molar refractivity (Wildman–Crippen MR) is 80.4 cm³/mol. The summed E-state index contributed by atoms with van der Waals surface area (Å²) < 4.78 is 23.2. The van der Waals surface area contributed by atoms with E-state index in [0.717, 1.165) is 6.42 Å². The Bertz CT molecular complexity index is 551. The van der Waals surface area contributed by atoms with E-state index in [2.05, 4.69) is 24.8 Å². The Morgan fingerprint density at radius 3 is 2.63 bits per heavy atom. The molecule has 1 aliphatic rings. The second-order valence-corrected chi connectivity index (χ2v) is 9.03. The lowest BCUT2D eigenvalue weighted by Gasteiger charge is -2.31. The molecule has 2 rings (SSSR count). The van der Waals surface area contributed by atoms with Crippen LogP contribution in [-0.4, -0.2) is 44.5 Å². The standard InChI is InChI=1S/C13H22N2O2S2/c1-9-6-12(10(2)18-9)13(7-14)15(3)11-4-5-19(16,17)8-11/h6,11,13H,4-5,7-8,14H2,1-3H3. The van der Waals surface area contributed by atoms with Gasteiger partial charge in [-0.15, -0.1) is 11.3 Å². The van der Waals surface area contributed by atoms with Gasteiger partial charge in [0.1, 0.15) is 0 Å². The highest BCUT2D eigenvalue weighted by Crippen LogP contribution is 2.31. The molecule has 1 fully saturated rings. The van der Waals surface area contributed by atoms with Crippen molar-refractivity contribution in [1.29, 1.82) is 0 Å². The number of likely N-dealkylation sites (N-methyl/N-ethyl adjacent to an activating group) is 1. The number of rotatable bonds is 4. The summed E-state index contributed by atoms with van der Waals surface area (Å²) in [5.74, 6) is 0.573. The van der Waals surface area contributed by atoms with Crippen molar-refractivity contribution >= 4 is 21.2 Å². The monoisotopic (exact) mass is 302 g/mol. The third kappa shape index (κ3) is 3.18. The first-order valence-electron chi connectivity index (χ1n) is 6.53. The van der Waals surface area contributed by atoms with Gasteiger partial charge in [-0.25, -0.2) is 8.42 Å². The van der Waals surface area contributed by atoms with Gasteiger partial charge in [-0.05, 0) is 38.9 Å². The minimum Gasteiger partial charge on any atom is -0.329 e. The minimum absolute atomic E-state index is 0.0955. The number of nitrogens with two attached hydrogens (primary N) is 1. The zero-order chi connectivity index (χ0) is 14.2. The third-order valence-corrected chi connectivity index (χ3v) is 6.67. The van der Waals surface area contributed by atoms with Crippen LogP contribution in [0.25, 0.3) is 0 Å². The van der Waals surface area contributed by atoms with E-state index < -0.39 is 9.84 Å². The summed E-state index contributed by atoms with van der Waals surface area (Å²) in [5.41, 5.74) is 7.18. The molecular formula is C13H22N2O2S2. The van der Waals surface area contributed by atoms with E-state index in [-0.39, 0.29) is 17.8 Å². The largest absolute Gasteiger partial charge is 0.329 e. The topological polar surface area (TPSA) is 63.4 Å². The Balaban J connectivity index is 2.20. The Kier molecular flexibility index (Phi) is 4.35. The maximum absolute atomic E-state index is 11.6. The number of hydrogen-bond acceptors (Lipinski definition) is 5. The lowest BCUT2D eigenvalue weighted by atomic mass is 10.0. The van der Waals surface area contributed by atoms with Crippen molar-refractivity contribution in [2.45, 2.75) is 32.4 Å². The Morgan fingerprint density at radius 1 is 1.53 bits per heavy atom. The van der Waals surface area contributed by atoms with Gasteiger partial charge in [-0.2, -0.15) is 0 Å². The summed E-state index contributed by atoms with van der Waals surface area (Å²) in [5, 5.41) is 0. The molecule has 2 heterocycles. The smallest absolute Gasteiger partial charge is 0.151 e. The summed E-state index contributed by atoms with van der Waals surface area (Å²) in [4.78, 5) is 4.71. The van der Waals surface area contributed by atoms with Crippen molar-refractivity contribution in [2.24, 2.45) is 5.73 Å². The maximum atomic E-state index is 11.6. The van der Waals surface area contributed by atoms with Gasteiger partial charge in [0.05, 0.1) is 11.5 Å². The molecule has 1 aliphatic heterocycles. The van der Waals surface area contributed by atoms with E-state index in [1.165, 1.54) is 15.3 Å². The van der Waals surface area contributed by atoms with Gasteiger partial charge in [0.15, 0.2) is 9.84 Å². The van der Waals surface area contributed by atoms with Gasteiger partial charge < -0.3 is 5.73 Å². The summed E-state index contributed by atoms with van der Waals surface area (Å²) >= 11 is 1.77. The summed E-state index contributed by atoms with van der Waals surface area (Å²) in [7, 11) is -0.854. The van der Waals surface area contributed by atoms with E-state index in [9.17, 15) is 8.42 Å². The predicted octanol–water partition coefficient (Wildman–Crippen LogP) is 1.48. The van der Waals surface area contributed by atoms with E-state index in [0.29, 0.717) is 12.3 Å². The molecule has 1 aromatic heterocycles. The van der Waals surface area contributed by atoms with Crippen LogP contribution in [0, 0.1) is 13.8 Å². The molecule has 19 heavy (non-hydrogen) atoms. The first-order chi connectivity index (χ1) is 8.84. The van der Waals surface area contributed by atoms with Crippen molar-refractivity contribution in [3.8, 4) is 0 Å². The molecule has 0 spiro atoms. The zero-order valence-corrected chi connectivity index (χ0v) is 13.4. The van der Waals surface area contributed by atoms with Crippen molar-refractivity contribution in [1.82, 2.24) is 4.90 Å². The average Bonchev–Trinajstić information content (AvgIpc) is 2.83. The second-order valence-electron chi connectivity index (χ2n) is 5.34. The summed E-state index contributed by atoms with van der Waals surface area (Å²) in [6.45, 7) is 4.72. The molecule has 0 amide bonds. The molecule has 0 aromatic carbocycles. The number of sulfone groups is 1. The molecule has 0 aliphatic carbocycles. The lowest BCUT2D eigenvalue weighted by molar-refractivity contribution is 0.192. The highest BCUT2D eigenvalue weighted by Gasteiger charge is 2.34. The maximum Gasteiger partial charge on any atom is 0.151 e. The molecule has 108 valence electrons. The fraction of sp³-hybridized carbons (Fsp3) is 0.692. The van der Waals surface area contributed by atoms with E-state index in [1.807, 2.05) is 7.05 Å². The molecule has 1 saturated heterocycles. The molecule has 2 unspecified atom stereocenters. The number of aryl methyl sites for hydroxylation is 2. The normalized spacial score (nSPS) is 23.9. The molecule has 6 heteroatoms. The van der Waals surface area contributed by atoms with Crippen LogP contribution in [0.4, 0.5) is 0 Å². The Morgan fingerprint density at radius 2 is 2.21 bits per heavy atom. The van der Waals surface area contributed by atoms with Crippen LogP contribution >= 0.6 is 11.3 Å². The quantitative estimate of drug-likeness (QED) is 0.915. The van der Waals surface area contributed by atoms with Crippen molar-refractivity contribution < 1.29 is 8.42 Å². The molecule has 0 radical (unpaired) electrons. The van der Waals surface area contributed by atoms with Crippen LogP contribution in [0.5, 0.6) is 0 Å². The summed E-state index contributed by atoms with van der Waals surface area (Å²) in [6, 6.07) is 2.39. The van der Waals surface area contributed by atoms with Crippen molar-refractivity contribution in [3.05, 3.63) is 21.4 Å². The number of thiophene rings is 1. The minimum atomic E-state index is -2.85. The van der Waals surface area contributed by atoms with Crippen molar-refractivity contribution in [2.75, 3.05) is 25.1 Å². The first kappa shape index (κ1) is 15.0. The Labute approximate surface area is 119 Å². The Hall–Kier alpha value is -0.430. The SMILES string of the molecule is Cc1cc(C(CN)N(C)C2CCS(=O)(=O)C2)c(C)s1. The molecular weight excluding hydrogens is 280 g/mol. The van der Waals surface area contributed by atoms with E-state index in [4.69, 9.17) is 5.73 Å². The second kappa shape index (κ2) is 5.52. The van der Waals surface area contributed by atoms with E-state index >= 15 is 0 Å². The average molecular weight is 302 g/mol. The van der Waals surface area contributed by atoms with Gasteiger partial charge in [0.2, 0.25) is 0 Å². The fourth-order valence-corrected chi connectivity index (χ4v) is 5.61. The highest BCUT2D eigenvalue weighted by atomic mass is 32.2. The van der Waals surface area contributed by atoms with Crippen LogP contribution in [-0.2, 0) is 9.84 Å². The molecule has 2 atom stereocenters. The molecule has 0 saturated carbocycles. The van der Waals surface area contributed by atoms with Crippen LogP contribution in [0.3, 0.4) is 0 Å². The molecule has 2 N–H and O–H groups in total. The highest BCUT2D eigenvalue weighted by molar-refractivity contribution is 7.91. The zero-order valence-electron chi connectivity index (χ0n) is 11.7. The fourth-order valence-electron chi connectivity index (χ4n) is 2.84. The third-order valence-electron chi connectivity index (χ3n) is 3.94. The van der Waals surface area contributed by atoms with Crippen LogP contribution in [0.1, 0.15) is 27.8 Å². The van der Waals surface area contributed by atoms with Crippen molar-refractivity contribution in [3.63, 3.8) is 0 Å². The molecule has 4 nitrogen and oxygen atoms in total. The van der Waals surface area contributed by atoms with Gasteiger partial charge in [-0.3, -0.25) is 4.90 Å². The van der Waals surface area contributed by atoms with Gasteiger partial charge >= 0.3 is 0 Å².